The van der Waals surface area contributed by atoms with Gasteiger partial charge in [0.05, 0.1) is 5.52 Å². The van der Waals surface area contributed by atoms with Gasteiger partial charge in [0.25, 0.3) is 5.91 Å². The molecule has 1 heterocycles. The lowest BCUT2D eigenvalue weighted by Gasteiger charge is -2.24. The van der Waals surface area contributed by atoms with Crippen molar-refractivity contribution < 1.29 is 14.3 Å². The fourth-order valence-corrected chi connectivity index (χ4v) is 4.67. The summed E-state index contributed by atoms with van der Waals surface area (Å²) < 4.78 is 14.8. The lowest BCUT2D eigenvalue weighted by molar-refractivity contribution is 0.0958. The quantitative estimate of drug-likeness (QED) is 0.613. The van der Waals surface area contributed by atoms with Crippen LogP contribution in [0.5, 0.6) is 0 Å². The SMILES string of the molecule is CNC(=O)c1cc(-c2ccccc2F)c2c(C)c(C3=CCC(CO)CC3)c(C)cc2n1. The van der Waals surface area contributed by atoms with Crippen LogP contribution >= 0.6 is 0 Å². The number of fused-ring (bicyclic) bond motifs is 1. The van der Waals surface area contributed by atoms with Gasteiger partial charge in [-0.05, 0) is 85.1 Å². The molecule has 3 aromatic rings. The Hall–Kier alpha value is -3.05. The van der Waals surface area contributed by atoms with Gasteiger partial charge < -0.3 is 10.4 Å². The van der Waals surface area contributed by atoms with Gasteiger partial charge in [0.15, 0.2) is 0 Å². The maximum Gasteiger partial charge on any atom is 0.269 e. The minimum atomic E-state index is -0.331. The van der Waals surface area contributed by atoms with Crippen molar-refractivity contribution in [1.29, 1.82) is 0 Å². The highest BCUT2D eigenvalue weighted by Gasteiger charge is 2.22. The van der Waals surface area contributed by atoms with Crippen LogP contribution < -0.4 is 5.32 Å². The van der Waals surface area contributed by atoms with Crippen LogP contribution in [0.4, 0.5) is 4.39 Å². The maximum absolute atomic E-state index is 14.8. The molecule has 0 aliphatic heterocycles. The number of nitrogens with one attached hydrogen (secondary N) is 1. The molecule has 0 bridgehead atoms. The summed E-state index contributed by atoms with van der Waals surface area (Å²) >= 11 is 0. The van der Waals surface area contributed by atoms with Crippen molar-refractivity contribution in [2.24, 2.45) is 5.92 Å². The summed E-state index contributed by atoms with van der Waals surface area (Å²) in [7, 11) is 1.56. The van der Waals surface area contributed by atoms with Crippen LogP contribution in [0.1, 0.15) is 46.4 Å². The summed E-state index contributed by atoms with van der Waals surface area (Å²) in [5.74, 6) is -0.318. The molecule has 1 aliphatic carbocycles. The van der Waals surface area contributed by atoms with E-state index in [-0.39, 0.29) is 24.0 Å². The van der Waals surface area contributed by atoms with Gasteiger partial charge in [0.1, 0.15) is 11.5 Å². The van der Waals surface area contributed by atoms with E-state index in [9.17, 15) is 14.3 Å². The third-order valence-corrected chi connectivity index (χ3v) is 6.27. The highest BCUT2D eigenvalue weighted by atomic mass is 19.1. The number of pyridine rings is 1. The number of carbonyl (C=O) groups excluding carboxylic acids is 1. The molecule has 4 rings (SSSR count). The Labute approximate surface area is 181 Å². The van der Waals surface area contributed by atoms with Gasteiger partial charge in [-0.25, -0.2) is 9.37 Å². The van der Waals surface area contributed by atoms with E-state index in [1.54, 1.807) is 31.3 Å². The lowest BCUT2D eigenvalue weighted by atomic mass is 9.82. The summed E-state index contributed by atoms with van der Waals surface area (Å²) in [5.41, 5.74) is 6.62. The molecule has 5 heteroatoms. The zero-order chi connectivity index (χ0) is 22.1. The zero-order valence-corrected chi connectivity index (χ0v) is 18.1. The highest BCUT2D eigenvalue weighted by molar-refractivity contribution is 6.04. The number of halogens is 1. The number of aliphatic hydroxyl groups is 1. The molecule has 2 aromatic carbocycles. The van der Waals surface area contributed by atoms with Gasteiger partial charge in [-0.1, -0.05) is 24.3 Å². The number of hydrogen-bond donors (Lipinski definition) is 2. The van der Waals surface area contributed by atoms with Crippen LogP contribution in [0.15, 0.2) is 42.5 Å². The number of aliphatic hydroxyl groups excluding tert-OH is 1. The first-order valence-corrected chi connectivity index (χ1v) is 10.7. The third kappa shape index (κ3) is 3.86. The predicted molar refractivity (Wildman–Crippen MR) is 122 cm³/mol. The molecule has 31 heavy (non-hydrogen) atoms. The number of amides is 1. The summed E-state index contributed by atoms with van der Waals surface area (Å²) in [4.78, 5) is 17.0. The van der Waals surface area contributed by atoms with E-state index in [4.69, 9.17) is 0 Å². The Balaban J connectivity index is 2.01. The van der Waals surface area contributed by atoms with E-state index in [0.29, 0.717) is 22.6 Å². The Morgan fingerprint density at radius 2 is 2.00 bits per heavy atom. The summed E-state index contributed by atoms with van der Waals surface area (Å²) in [5, 5.41) is 13.0. The monoisotopic (exact) mass is 418 g/mol. The largest absolute Gasteiger partial charge is 0.396 e. The fraction of sp³-hybridized carbons (Fsp3) is 0.308. The van der Waals surface area contributed by atoms with Crippen LogP contribution in [0.3, 0.4) is 0 Å². The average molecular weight is 419 g/mol. The van der Waals surface area contributed by atoms with E-state index in [1.165, 1.54) is 11.6 Å². The van der Waals surface area contributed by atoms with Gasteiger partial charge >= 0.3 is 0 Å². The van der Waals surface area contributed by atoms with Crippen molar-refractivity contribution >= 4 is 22.4 Å². The number of hydrogen-bond acceptors (Lipinski definition) is 3. The van der Waals surface area contributed by atoms with Crippen molar-refractivity contribution in [3.8, 4) is 11.1 Å². The number of benzene rings is 2. The topological polar surface area (TPSA) is 62.2 Å². The third-order valence-electron chi connectivity index (χ3n) is 6.27. The van der Waals surface area contributed by atoms with Crippen LogP contribution in [-0.4, -0.2) is 29.7 Å². The first kappa shape index (κ1) is 21.2. The molecule has 1 aromatic heterocycles. The van der Waals surface area contributed by atoms with Crippen molar-refractivity contribution in [2.75, 3.05) is 13.7 Å². The molecule has 0 fully saturated rings. The number of aryl methyl sites for hydroxylation is 2. The molecule has 1 unspecified atom stereocenters. The Bertz CT molecular complexity index is 1200. The molecule has 160 valence electrons. The smallest absolute Gasteiger partial charge is 0.269 e. The van der Waals surface area contributed by atoms with Gasteiger partial charge in [-0.3, -0.25) is 4.79 Å². The van der Waals surface area contributed by atoms with Crippen LogP contribution in [0.25, 0.3) is 27.6 Å². The number of aromatic nitrogens is 1. The maximum atomic E-state index is 14.8. The molecule has 0 saturated carbocycles. The van der Waals surface area contributed by atoms with E-state index >= 15 is 0 Å². The number of carbonyl (C=O) groups is 1. The van der Waals surface area contributed by atoms with Crippen molar-refractivity contribution in [2.45, 2.75) is 33.1 Å². The number of allylic oxidation sites excluding steroid dienone is 2. The van der Waals surface area contributed by atoms with E-state index < -0.39 is 0 Å². The molecule has 1 amide bonds. The molecular formula is C26H27FN2O2. The van der Waals surface area contributed by atoms with Gasteiger partial charge in [0.2, 0.25) is 0 Å². The minimum absolute atomic E-state index is 0.211. The Morgan fingerprint density at radius 1 is 1.23 bits per heavy atom. The molecule has 0 spiro atoms. The second-order valence-electron chi connectivity index (χ2n) is 8.25. The first-order valence-electron chi connectivity index (χ1n) is 10.7. The second-order valence-corrected chi connectivity index (χ2v) is 8.25. The van der Waals surface area contributed by atoms with Crippen molar-refractivity contribution in [1.82, 2.24) is 10.3 Å². The summed E-state index contributed by atoms with van der Waals surface area (Å²) in [6.45, 7) is 4.32. The van der Waals surface area contributed by atoms with Crippen LogP contribution in [0.2, 0.25) is 0 Å². The molecule has 0 radical (unpaired) electrons. The Kier molecular flexibility index (Phi) is 5.88. The van der Waals surface area contributed by atoms with E-state index in [2.05, 4.69) is 30.2 Å². The van der Waals surface area contributed by atoms with Gasteiger partial charge in [-0.15, -0.1) is 0 Å². The number of nitrogens with zero attached hydrogens (tertiary/aromatic N) is 1. The minimum Gasteiger partial charge on any atom is -0.396 e. The van der Waals surface area contributed by atoms with E-state index in [0.717, 1.165) is 41.3 Å². The molecule has 0 saturated heterocycles. The fourth-order valence-electron chi connectivity index (χ4n) is 4.67. The van der Waals surface area contributed by atoms with Gasteiger partial charge in [-0.2, -0.15) is 0 Å². The molecule has 4 nitrogen and oxygen atoms in total. The number of rotatable bonds is 4. The standard InChI is InChI=1S/C26H27FN2O2/c1-15-12-22-25(16(2)24(15)18-10-8-17(14-30)9-11-18)20(13-23(29-22)26(31)28-3)19-6-4-5-7-21(19)27/h4-7,10,12-13,17,30H,8-9,11,14H2,1-3H3,(H,28,31). The molecule has 2 N–H and O–H groups in total. The molecule has 1 aliphatic rings. The van der Waals surface area contributed by atoms with E-state index in [1.807, 2.05) is 6.07 Å². The highest BCUT2D eigenvalue weighted by Crippen LogP contribution is 2.40. The van der Waals surface area contributed by atoms with Crippen LogP contribution in [-0.2, 0) is 0 Å². The summed E-state index contributed by atoms with van der Waals surface area (Å²) in [6, 6.07) is 10.3. The average Bonchev–Trinajstić information content (AvgIpc) is 2.78. The molecular weight excluding hydrogens is 391 g/mol. The zero-order valence-electron chi connectivity index (χ0n) is 18.1. The van der Waals surface area contributed by atoms with Gasteiger partial charge in [0, 0.05) is 24.6 Å². The normalized spacial score (nSPS) is 16.3. The Morgan fingerprint density at radius 3 is 2.65 bits per heavy atom. The molecule has 1 atom stereocenters. The van der Waals surface area contributed by atoms with Crippen molar-refractivity contribution in [3.63, 3.8) is 0 Å². The first-order chi connectivity index (χ1) is 14.9. The summed E-state index contributed by atoms with van der Waals surface area (Å²) in [6.07, 6.45) is 4.93. The lowest BCUT2D eigenvalue weighted by Crippen LogP contribution is -2.19. The predicted octanol–water partition coefficient (Wildman–Crippen LogP) is 5.19. The second kappa shape index (κ2) is 8.60. The van der Waals surface area contributed by atoms with Crippen molar-refractivity contribution in [3.05, 3.63) is 70.7 Å². The van der Waals surface area contributed by atoms with Crippen LogP contribution in [0, 0.1) is 25.6 Å².